The summed E-state index contributed by atoms with van der Waals surface area (Å²) >= 11 is 0. The average Bonchev–Trinajstić information content (AvgIpc) is 2.26. The van der Waals surface area contributed by atoms with Gasteiger partial charge in [0.05, 0.1) is 5.56 Å². The number of hydrazine groups is 1. The number of aromatic nitrogens is 1. The fourth-order valence-electron chi connectivity index (χ4n) is 0.742. The van der Waals surface area contributed by atoms with Crippen molar-refractivity contribution in [2.45, 2.75) is 6.43 Å². The zero-order valence-electron chi connectivity index (χ0n) is 7.41. The lowest BCUT2D eigenvalue weighted by molar-refractivity contribution is -0.132. The van der Waals surface area contributed by atoms with Crippen molar-refractivity contribution in [1.82, 2.24) is 15.8 Å². The summed E-state index contributed by atoms with van der Waals surface area (Å²) in [6, 6.07) is 2.93. The van der Waals surface area contributed by atoms with Gasteiger partial charge in [0, 0.05) is 12.4 Å². The number of amides is 2. The number of hydrogen-bond donors (Lipinski definition) is 2. The number of carbonyl (C=O) groups is 2. The first-order chi connectivity index (χ1) is 7.11. The lowest BCUT2D eigenvalue weighted by Crippen LogP contribution is -2.44. The Morgan fingerprint density at radius 2 is 2.07 bits per heavy atom. The molecule has 1 heterocycles. The highest BCUT2D eigenvalue weighted by molar-refractivity contribution is 5.95. The molecule has 0 spiro atoms. The zero-order chi connectivity index (χ0) is 11.3. The van der Waals surface area contributed by atoms with Gasteiger partial charge in [-0.25, -0.2) is 0 Å². The molecule has 2 amide bonds. The molecule has 0 fully saturated rings. The maximum absolute atomic E-state index is 11.7. The van der Waals surface area contributed by atoms with Gasteiger partial charge >= 0.3 is 12.3 Å². The number of rotatable bonds is 2. The largest absolute Gasteiger partial charge is 0.317 e. The van der Waals surface area contributed by atoms with Crippen LogP contribution < -0.4 is 10.9 Å². The summed E-state index contributed by atoms with van der Waals surface area (Å²) < 4.78 is 23.4. The van der Waals surface area contributed by atoms with Crippen molar-refractivity contribution < 1.29 is 18.4 Å². The minimum absolute atomic E-state index is 0.159. The Labute approximate surface area is 83.5 Å². The summed E-state index contributed by atoms with van der Waals surface area (Å²) in [5.74, 6) is -2.27. The number of pyridine rings is 1. The van der Waals surface area contributed by atoms with Gasteiger partial charge < -0.3 is 0 Å². The van der Waals surface area contributed by atoms with Crippen molar-refractivity contribution in [3.8, 4) is 0 Å². The van der Waals surface area contributed by atoms with Gasteiger partial charge in [0.2, 0.25) is 0 Å². The molecule has 0 bridgehead atoms. The maximum atomic E-state index is 11.7. The topological polar surface area (TPSA) is 71.1 Å². The SMILES string of the molecule is O=C(NNC(=O)C(F)F)c1cccnc1. The van der Waals surface area contributed by atoms with Crippen LogP contribution in [0.3, 0.4) is 0 Å². The van der Waals surface area contributed by atoms with Gasteiger partial charge in [-0.2, -0.15) is 8.78 Å². The summed E-state index contributed by atoms with van der Waals surface area (Å²) in [5, 5.41) is 0. The second-order valence-electron chi connectivity index (χ2n) is 2.49. The lowest BCUT2D eigenvalue weighted by Gasteiger charge is -2.05. The lowest BCUT2D eigenvalue weighted by atomic mass is 10.3. The third-order valence-electron chi connectivity index (χ3n) is 1.42. The van der Waals surface area contributed by atoms with Gasteiger partial charge in [-0.05, 0) is 12.1 Å². The molecule has 5 nitrogen and oxygen atoms in total. The second-order valence-corrected chi connectivity index (χ2v) is 2.49. The smallest absolute Gasteiger partial charge is 0.267 e. The van der Waals surface area contributed by atoms with E-state index in [9.17, 15) is 18.4 Å². The van der Waals surface area contributed by atoms with Crippen molar-refractivity contribution in [3.05, 3.63) is 30.1 Å². The predicted molar refractivity (Wildman–Crippen MR) is 45.8 cm³/mol. The first kappa shape index (κ1) is 11.0. The van der Waals surface area contributed by atoms with Crippen LogP contribution in [-0.2, 0) is 4.79 Å². The molecule has 0 aliphatic rings. The number of nitrogens with zero attached hydrogens (tertiary/aromatic N) is 1. The van der Waals surface area contributed by atoms with Crippen LogP contribution in [0.5, 0.6) is 0 Å². The minimum Gasteiger partial charge on any atom is -0.267 e. The standard InChI is InChI=1S/C8H7F2N3O2/c9-6(10)8(15)13-12-7(14)5-2-1-3-11-4-5/h1-4,6H,(H,12,14)(H,13,15). The Balaban J connectivity index is 2.48. The first-order valence-electron chi connectivity index (χ1n) is 3.89. The second kappa shape index (κ2) is 4.99. The molecule has 80 valence electrons. The van der Waals surface area contributed by atoms with Gasteiger partial charge in [-0.1, -0.05) is 0 Å². The summed E-state index contributed by atoms with van der Waals surface area (Å²) in [6.07, 6.45) is -0.475. The highest BCUT2D eigenvalue weighted by Crippen LogP contribution is 1.94. The zero-order valence-corrected chi connectivity index (χ0v) is 7.41. The molecule has 0 aliphatic carbocycles. The molecule has 1 aromatic heterocycles. The molecule has 15 heavy (non-hydrogen) atoms. The van der Waals surface area contributed by atoms with Crippen molar-refractivity contribution in [1.29, 1.82) is 0 Å². The van der Waals surface area contributed by atoms with Crippen LogP contribution >= 0.6 is 0 Å². The molecule has 0 saturated carbocycles. The van der Waals surface area contributed by atoms with E-state index in [2.05, 4.69) is 4.98 Å². The van der Waals surface area contributed by atoms with Crippen LogP contribution in [0.2, 0.25) is 0 Å². The monoisotopic (exact) mass is 215 g/mol. The molecule has 0 radical (unpaired) electrons. The highest BCUT2D eigenvalue weighted by atomic mass is 19.3. The minimum atomic E-state index is -3.17. The molecule has 0 atom stereocenters. The van der Waals surface area contributed by atoms with Crippen LogP contribution in [0.4, 0.5) is 8.78 Å². The van der Waals surface area contributed by atoms with Crippen LogP contribution in [0.15, 0.2) is 24.5 Å². The summed E-state index contributed by atoms with van der Waals surface area (Å²) in [7, 11) is 0. The van der Waals surface area contributed by atoms with Crippen molar-refractivity contribution >= 4 is 11.8 Å². The maximum Gasteiger partial charge on any atom is 0.317 e. The van der Waals surface area contributed by atoms with Gasteiger partial charge in [0.1, 0.15) is 0 Å². The molecule has 1 aromatic rings. The van der Waals surface area contributed by atoms with E-state index in [0.717, 1.165) is 0 Å². The van der Waals surface area contributed by atoms with E-state index in [1.165, 1.54) is 24.5 Å². The fraction of sp³-hybridized carbons (Fsp3) is 0.125. The van der Waals surface area contributed by atoms with Crippen LogP contribution in [0.25, 0.3) is 0 Å². The Bertz CT molecular complexity index is 356. The van der Waals surface area contributed by atoms with Crippen molar-refractivity contribution in [3.63, 3.8) is 0 Å². The van der Waals surface area contributed by atoms with Crippen LogP contribution in [0, 0.1) is 0 Å². The molecule has 1 rings (SSSR count). The normalized spacial score (nSPS) is 9.80. The molecule has 2 N–H and O–H groups in total. The van der Waals surface area contributed by atoms with Crippen molar-refractivity contribution in [2.75, 3.05) is 0 Å². The van der Waals surface area contributed by atoms with Gasteiger partial charge in [-0.15, -0.1) is 0 Å². The van der Waals surface area contributed by atoms with E-state index >= 15 is 0 Å². The average molecular weight is 215 g/mol. The molecule has 0 saturated heterocycles. The van der Waals surface area contributed by atoms with E-state index < -0.39 is 18.2 Å². The quantitative estimate of drug-likeness (QED) is 0.688. The van der Waals surface area contributed by atoms with E-state index in [4.69, 9.17) is 0 Å². The Hall–Kier alpha value is -2.05. The highest BCUT2D eigenvalue weighted by Gasteiger charge is 2.15. The van der Waals surface area contributed by atoms with Gasteiger partial charge in [-0.3, -0.25) is 25.4 Å². The van der Waals surface area contributed by atoms with Gasteiger partial charge in [0.25, 0.3) is 5.91 Å². The van der Waals surface area contributed by atoms with Crippen LogP contribution in [-0.4, -0.2) is 23.2 Å². The number of halogens is 2. The van der Waals surface area contributed by atoms with E-state index in [0.29, 0.717) is 0 Å². The third-order valence-corrected chi connectivity index (χ3v) is 1.42. The third kappa shape index (κ3) is 3.29. The van der Waals surface area contributed by atoms with Crippen molar-refractivity contribution in [2.24, 2.45) is 0 Å². The van der Waals surface area contributed by atoms with E-state index in [1.54, 1.807) is 5.43 Å². The molecule has 0 aromatic carbocycles. The van der Waals surface area contributed by atoms with E-state index in [1.807, 2.05) is 5.43 Å². The Kier molecular flexibility index (Phi) is 3.67. The molecular formula is C8H7F2N3O2. The molecule has 0 aliphatic heterocycles. The number of nitrogens with one attached hydrogen (secondary N) is 2. The summed E-state index contributed by atoms with van der Waals surface area (Å²) in [5.41, 5.74) is 3.54. The molecule has 0 unspecified atom stereocenters. The summed E-state index contributed by atoms with van der Waals surface area (Å²) in [6.45, 7) is 0. The first-order valence-corrected chi connectivity index (χ1v) is 3.89. The summed E-state index contributed by atoms with van der Waals surface area (Å²) in [4.78, 5) is 25.2. The molecular weight excluding hydrogens is 208 g/mol. The Morgan fingerprint density at radius 1 is 1.33 bits per heavy atom. The Morgan fingerprint density at radius 3 is 2.60 bits per heavy atom. The van der Waals surface area contributed by atoms with Crippen LogP contribution in [0.1, 0.15) is 10.4 Å². The number of alkyl halides is 2. The van der Waals surface area contributed by atoms with E-state index in [-0.39, 0.29) is 5.56 Å². The fourth-order valence-corrected chi connectivity index (χ4v) is 0.742. The van der Waals surface area contributed by atoms with Gasteiger partial charge in [0.15, 0.2) is 0 Å². The molecule has 7 heteroatoms. The number of carbonyl (C=O) groups excluding carboxylic acids is 2. The predicted octanol–water partition coefficient (Wildman–Crippen LogP) is 0.108. The number of hydrogen-bond acceptors (Lipinski definition) is 3.